The van der Waals surface area contributed by atoms with E-state index < -0.39 is 10.0 Å². The van der Waals surface area contributed by atoms with E-state index in [1.165, 1.54) is 24.0 Å². The molecule has 0 radical (unpaired) electrons. The second-order valence-corrected chi connectivity index (χ2v) is 8.57. The van der Waals surface area contributed by atoms with Gasteiger partial charge in [0.05, 0.1) is 5.75 Å². The van der Waals surface area contributed by atoms with Crippen LogP contribution in [0.1, 0.15) is 53.6 Å². The quantitative estimate of drug-likeness (QED) is 0.890. The molecule has 1 atom stereocenters. The maximum absolute atomic E-state index is 12.4. The number of hydrogen-bond donors (Lipinski definition) is 1. The SMILES string of the molecule is Cc1ccc(CS(=O)(=O)N[C@H](C)c2ccc3c(c2)CCCC3)cc1. The van der Waals surface area contributed by atoms with Crippen molar-refractivity contribution in [3.8, 4) is 0 Å². The van der Waals surface area contributed by atoms with Crippen LogP contribution in [-0.4, -0.2) is 8.42 Å². The molecule has 3 rings (SSSR count). The molecule has 0 aliphatic heterocycles. The fraction of sp³-hybridized carbons (Fsp3) is 0.400. The van der Waals surface area contributed by atoms with Crippen LogP contribution in [0.25, 0.3) is 0 Å². The zero-order valence-electron chi connectivity index (χ0n) is 14.4. The van der Waals surface area contributed by atoms with Crippen LogP contribution in [0.2, 0.25) is 0 Å². The summed E-state index contributed by atoms with van der Waals surface area (Å²) < 4.78 is 27.7. The molecule has 0 heterocycles. The highest BCUT2D eigenvalue weighted by Crippen LogP contribution is 2.25. The Hall–Kier alpha value is -1.65. The van der Waals surface area contributed by atoms with Crippen LogP contribution in [-0.2, 0) is 28.6 Å². The van der Waals surface area contributed by atoms with Gasteiger partial charge in [0.25, 0.3) is 0 Å². The van der Waals surface area contributed by atoms with Crippen LogP contribution in [0, 0.1) is 6.92 Å². The Labute approximate surface area is 145 Å². The summed E-state index contributed by atoms with van der Waals surface area (Å²) in [6.07, 6.45) is 4.73. The first-order valence-corrected chi connectivity index (χ1v) is 10.3. The molecule has 1 N–H and O–H groups in total. The van der Waals surface area contributed by atoms with Crippen molar-refractivity contribution < 1.29 is 8.42 Å². The first-order valence-electron chi connectivity index (χ1n) is 8.60. The molecule has 1 aliphatic carbocycles. The van der Waals surface area contributed by atoms with E-state index in [1.54, 1.807) is 0 Å². The van der Waals surface area contributed by atoms with Gasteiger partial charge in [0.1, 0.15) is 0 Å². The topological polar surface area (TPSA) is 46.2 Å². The number of fused-ring (bicyclic) bond motifs is 1. The van der Waals surface area contributed by atoms with Crippen LogP contribution in [0.5, 0.6) is 0 Å². The fourth-order valence-corrected chi connectivity index (χ4v) is 4.69. The number of hydrogen-bond acceptors (Lipinski definition) is 2. The van der Waals surface area contributed by atoms with E-state index in [1.807, 2.05) is 38.1 Å². The van der Waals surface area contributed by atoms with E-state index in [4.69, 9.17) is 0 Å². The third-order valence-corrected chi connectivity index (χ3v) is 6.13. The van der Waals surface area contributed by atoms with Gasteiger partial charge >= 0.3 is 0 Å². The standard InChI is InChI=1S/C20H25NO2S/c1-15-7-9-17(10-8-15)14-24(22,23)21-16(2)19-12-11-18-5-3-4-6-20(18)13-19/h7-13,16,21H,3-6,14H2,1-2H3/t16-/m1/s1. The predicted molar refractivity (Wildman–Crippen MR) is 98.4 cm³/mol. The summed E-state index contributed by atoms with van der Waals surface area (Å²) in [6.45, 7) is 3.91. The summed E-state index contributed by atoms with van der Waals surface area (Å²) in [4.78, 5) is 0. The van der Waals surface area contributed by atoms with Gasteiger partial charge in [0.2, 0.25) is 10.0 Å². The first-order chi connectivity index (χ1) is 11.4. The van der Waals surface area contributed by atoms with E-state index in [-0.39, 0.29) is 11.8 Å². The lowest BCUT2D eigenvalue weighted by Crippen LogP contribution is -2.28. The molecule has 0 saturated carbocycles. The van der Waals surface area contributed by atoms with Crippen molar-refractivity contribution in [1.82, 2.24) is 4.72 Å². The van der Waals surface area contributed by atoms with Crippen LogP contribution in [0.3, 0.4) is 0 Å². The average Bonchev–Trinajstić information content (AvgIpc) is 2.56. The van der Waals surface area contributed by atoms with Crippen molar-refractivity contribution in [2.45, 2.75) is 51.3 Å². The minimum Gasteiger partial charge on any atom is -0.212 e. The summed E-state index contributed by atoms with van der Waals surface area (Å²) in [7, 11) is -3.37. The van der Waals surface area contributed by atoms with Gasteiger partial charge < -0.3 is 0 Å². The molecule has 2 aromatic carbocycles. The molecule has 0 fully saturated rings. The van der Waals surface area contributed by atoms with E-state index in [0.29, 0.717) is 0 Å². The number of rotatable bonds is 5. The molecule has 1 aliphatic rings. The summed E-state index contributed by atoms with van der Waals surface area (Å²) >= 11 is 0. The van der Waals surface area contributed by atoms with Gasteiger partial charge in [0.15, 0.2) is 0 Å². The monoisotopic (exact) mass is 343 g/mol. The lowest BCUT2D eigenvalue weighted by molar-refractivity contribution is 0.565. The maximum Gasteiger partial charge on any atom is 0.216 e. The van der Waals surface area contributed by atoms with Crippen molar-refractivity contribution in [2.24, 2.45) is 0 Å². The molecule has 128 valence electrons. The van der Waals surface area contributed by atoms with Crippen LogP contribution < -0.4 is 4.72 Å². The molecular formula is C20H25NO2S. The molecule has 0 aromatic heterocycles. The zero-order valence-corrected chi connectivity index (χ0v) is 15.2. The average molecular weight is 343 g/mol. The van der Waals surface area contributed by atoms with Crippen molar-refractivity contribution in [3.05, 3.63) is 70.3 Å². The van der Waals surface area contributed by atoms with E-state index >= 15 is 0 Å². The second-order valence-electron chi connectivity index (χ2n) is 6.82. The summed E-state index contributed by atoms with van der Waals surface area (Å²) in [5, 5.41) is 0. The second kappa shape index (κ2) is 7.08. The Morgan fingerprint density at radius 1 is 1.00 bits per heavy atom. The van der Waals surface area contributed by atoms with Gasteiger partial charge in [-0.3, -0.25) is 0 Å². The summed E-state index contributed by atoms with van der Waals surface area (Å²) in [6, 6.07) is 13.8. The third kappa shape index (κ3) is 4.25. The molecule has 0 unspecified atom stereocenters. The molecule has 0 spiro atoms. The van der Waals surface area contributed by atoms with Crippen molar-refractivity contribution in [3.63, 3.8) is 0 Å². The minimum absolute atomic E-state index is 0.0164. The number of nitrogens with one attached hydrogen (secondary N) is 1. The zero-order chi connectivity index (χ0) is 17.2. The highest BCUT2D eigenvalue weighted by atomic mass is 32.2. The number of benzene rings is 2. The smallest absolute Gasteiger partial charge is 0.212 e. The van der Waals surface area contributed by atoms with Gasteiger partial charge in [-0.15, -0.1) is 0 Å². The highest BCUT2D eigenvalue weighted by Gasteiger charge is 2.18. The van der Waals surface area contributed by atoms with Crippen molar-refractivity contribution in [1.29, 1.82) is 0 Å². The Bertz CT molecular complexity index is 810. The largest absolute Gasteiger partial charge is 0.216 e. The van der Waals surface area contributed by atoms with Gasteiger partial charge in [0, 0.05) is 6.04 Å². The van der Waals surface area contributed by atoms with Gasteiger partial charge in [-0.25, -0.2) is 13.1 Å². The Morgan fingerprint density at radius 3 is 2.38 bits per heavy atom. The normalized spacial score (nSPS) is 15.8. The van der Waals surface area contributed by atoms with Gasteiger partial charge in [-0.2, -0.15) is 0 Å². The van der Waals surface area contributed by atoms with Crippen LogP contribution in [0.15, 0.2) is 42.5 Å². The maximum atomic E-state index is 12.4. The fourth-order valence-electron chi connectivity index (χ4n) is 3.31. The molecule has 0 amide bonds. The van der Waals surface area contributed by atoms with Gasteiger partial charge in [-0.1, -0.05) is 48.0 Å². The minimum atomic E-state index is -3.37. The number of aryl methyl sites for hydroxylation is 3. The third-order valence-electron chi connectivity index (χ3n) is 4.71. The Morgan fingerprint density at radius 2 is 1.67 bits per heavy atom. The molecule has 2 aromatic rings. The Kier molecular flexibility index (Phi) is 5.07. The molecule has 0 saturated heterocycles. The first kappa shape index (κ1) is 17.2. The molecule has 4 heteroatoms. The van der Waals surface area contributed by atoms with E-state index in [2.05, 4.69) is 22.9 Å². The molecule has 0 bridgehead atoms. The van der Waals surface area contributed by atoms with Crippen molar-refractivity contribution >= 4 is 10.0 Å². The Balaban J connectivity index is 1.71. The molecule has 24 heavy (non-hydrogen) atoms. The number of sulfonamides is 1. The summed E-state index contributed by atoms with van der Waals surface area (Å²) in [5.41, 5.74) is 5.78. The highest BCUT2D eigenvalue weighted by molar-refractivity contribution is 7.88. The van der Waals surface area contributed by atoms with E-state index in [9.17, 15) is 8.42 Å². The van der Waals surface area contributed by atoms with Crippen molar-refractivity contribution in [2.75, 3.05) is 0 Å². The van der Waals surface area contributed by atoms with Crippen LogP contribution in [0.4, 0.5) is 0 Å². The van der Waals surface area contributed by atoms with Crippen LogP contribution >= 0.6 is 0 Å². The lowest BCUT2D eigenvalue weighted by atomic mass is 9.89. The lowest BCUT2D eigenvalue weighted by Gasteiger charge is -2.20. The van der Waals surface area contributed by atoms with E-state index in [0.717, 1.165) is 29.5 Å². The molecule has 3 nitrogen and oxygen atoms in total. The van der Waals surface area contributed by atoms with Gasteiger partial charge in [-0.05, 0) is 61.8 Å². The predicted octanol–water partition coefficient (Wildman–Crippen LogP) is 4.05. The summed E-state index contributed by atoms with van der Waals surface area (Å²) in [5.74, 6) is 0.0164. The molecular weight excluding hydrogens is 318 g/mol.